The van der Waals surface area contributed by atoms with Gasteiger partial charge in [-0.3, -0.25) is 14.4 Å². The topological polar surface area (TPSA) is 77.9 Å². The molecule has 0 bridgehead atoms. The predicted octanol–water partition coefficient (Wildman–Crippen LogP) is 8.15. The highest BCUT2D eigenvalue weighted by Crippen LogP contribution is 2.43. The van der Waals surface area contributed by atoms with Gasteiger partial charge in [-0.05, 0) is 85.1 Å². The highest BCUT2D eigenvalue weighted by atomic mass is 35.5. The third kappa shape index (κ3) is 7.36. The van der Waals surface area contributed by atoms with E-state index in [1.54, 1.807) is 55.5 Å². The quantitative estimate of drug-likeness (QED) is 0.192. The largest absolute Gasteiger partial charge is 0.481 e. The summed E-state index contributed by atoms with van der Waals surface area (Å²) in [5.74, 6) is -2.10. The van der Waals surface area contributed by atoms with Gasteiger partial charge in [0.15, 0.2) is 0 Å². The molecule has 0 fully saturated rings. The van der Waals surface area contributed by atoms with Crippen LogP contribution in [0.1, 0.15) is 59.8 Å². The van der Waals surface area contributed by atoms with Crippen LogP contribution < -0.4 is 4.90 Å². The second-order valence-electron chi connectivity index (χ2n) is 9.46. The highest BCUT2D eigenvalue weighted by molar-refractivity contribution is 8.00. The van der Waals surface area contributed by atoms with Gasteiger partial charge in [-0.25, -0.2) is 0 Å². The number of anilines is 1. The first kappa shape index (κ1) is 30.7. The normalized spacial score (nSPS) is 16.4. The maximum atomic E-state index is 14.4. The molecule has 6 nitrogen and oxygen atoms in total. The SMILES string of the molecule is C[C@H](c1ccc(Cl)cc1)N1C(=O)c2cc(SC(F)(F)F)ccc2N(CCCCC(=O)O)C(=O)C1c1ccc(Cl)cc1. The summed E-state index contributed by atoms with van der Waals surface area (Å²) in [6.07, 6.45) is 0.445. The average Bonchev–Trinajstić information content (AvgIpc) is 2.99. The monoisotopic (exact) mass is 624 g/mol. The van der Waals surface area contributed by atoms with E-state index in [0.29, 0.717) is 27.6 Å². The van der Waals surface area contributed by atoms with Crippen molar-refractivity contribution in [3.05, 3.63) is 93.5 Å². The number of aliphatic carboxylic acids is 1. The number of benzene rings is 3. The van der Waals surface area contributed by atoms with Crippen LogP contribution in [0.2, 0.25) is 10.0 Å². The molecular formula is C29H25Cl2F3N2O4S. The number of alkyl halides is 3. The van der Waals surface area contributed by atoms with Crippen LogP contribution in [0.3, 0.4) is 0 Å². The number of nitrogens with zero attached hydrogens (tertiary/aromatic N) is 2. The van der Waals surface area contributed by atoms with Gasteiger partial charge in [0.2, 0.25) is 0 Å². The molecule has 216 valence electrons. The standard InChI is InChI=1S/C29H25Cl2F3N2O4S/c1-17(18-5-9-20(30)10-6-18)36-26(19-7-11-21(31)12-8-19)28(40)35(15-3-2-4-25(37)38)24-14-13-22(41-29(32,33)34)16-23(24)27(36)39/h5-14,16-17,26H,2-4,15H2,1H3,(H,37,38)/t17-,26?/m1/s1. The first-order chi connectivity index (χ1) is 19.4. The van der Waals surface area contributed by atoms with Gasteiger partial charge in [0.25, 0.3) is 11.8 Å². The number of carbonyl (C=O) groups is 3. The van der Waals surface area contributed by atoms with Gasteiger partial charge < -0.3 is 14.9 Å². The fourth-order valence-corrected chi connectivity index (χ4v) is 5.62. The fraction of sp³-hybridized carbons (Fsp3) is 0.276. The van der Waals surface area contributed by atoms with Crippen molar-refractivity contribution in [2.45, 2.75) is 48.7 Å². The van der Waals surface area contributed by atoms with E-state index in [1.807, 2.05) is 0 Å². The molecule has 4 rings (SSSR count). The summed E-state index contributed by atoms with van der Waals surface area (Å²) in [4.78, 5) is 42.3. The third-order valence-corrected chi connectivity index (χ3v) is 7.94. The molecule has 3 aromatic carbocycles. The summed E-state index contributed by atoms with van der Waals surface area (Å²) in [6, 6.07) is 15.0. The van der Waals surface area contributed by atoms with Crippen LogP contribution in [0.5, 0.6) is 0 Å². The summed E-state index contributed by atoms with van der Waals surface area (Å²) in [6.45, 7) is 1.79. The molecule has 1 heterocycles. The minimum absolute atomic E-state index is 0.0609. The minimum Gasteiger partial charge on any atom is -0.481 e. The number of thioether (sulfide) groups is 1. The van der Waals surface area contributed by atoms with E-state index in [-0.39, 0.29) is 47.3 Å². The molecule has 1 aliphatic rings. The molecule has 0 saturated heterocycles. The van der Waals surface area contributed by atoms with Crippen molar-refractivity contribution in [3.63, 3.8) is 0 Å². The number of fused-ring (bicyclic) bond motifs is 1. The second-order valence-corrected chi connectivity index (χ2v) is 11.5. The third-order valence-electron chi connectivity index (χ3n) is 6.71. The van der Waals surface area contributed by atoms with Crippen molar-refractivity contribution in [1.29, 1.82) is 0 Å². The summed E-state index contributed by atoms with van der Waals surface area (Å²) < 4.78 is 39.8. The number of carboxylic acid groups (broad SMARTS) is 1. The Hall–Kier alpha value is -3.21. The van der Waals surface area contributed by atoms with E-state index in [2.05, 4.69) is 0 Å². The van der Waals surface area contributed by atoms with Gasteiger partial charge in [0.05, 0.1) is 17.3 Å². The molecule has 0 radical (unpaired) electrons. The lowest BCUT2D eigenvalue weighted by atomic mass is 9.98. The summed E-state index contributed by atoms with van der Waals surface area (Å²) >= 11 is 11.8. The summed E-state index contributed by atoms with van der Waals surface area (Å²) in [5.41, 5.74) is -3.38. The van der Waals surface area contributed by atoms with E-state index >= 15 is 0 Å². The number of hydrogen-bond donors (Lipinski definition) is 1. The van der Waals surface area contributed by atoms with Gasteiger partial charge in [0, 0.05) is 27.9 Å². The molecule has 1 N–H and O–H groups in total. The Morgan fingerprint density at radius 2 is 1.59 bits per heavy atom. The molecule has 0 aromatic heterocycles. The van der Waals surface area contributed by atoms with E-state index < -0.39 is 35.4 Å². The van der Waals surface area contributed by atoms with Gasteiger partial charge in [0.1, 0.15) is 6.04 Å². The lowest BCUT2D eigenvalue weighted by molar-refractivity contribution is -0.137. The molecule has 1 aliphatic heterocycles. The van der Waals surface area contributed by atoms with Crippen molar-refractivity contribution >= 4 is 58.4 Å². The molecule has 0 spiro atoms. The maximum Gasteiger partial charge on any atom is 0.446 e. The number of halogens is 5. The van der Waals surface area contributed by atoms with Crippen molar-refractivity contribution in [3.8, 4) is 0 Å². The van der Waals surface area contributed by atoms with Crippen molar-refractivity contribution < 1.29 is 32.7 Å². The Bertz CT molecular complexity index is 1440. The minimum atomic E-state index is -4.59. The van der Waals surface area contributed by atoms with Crippen molar-refractivity contribution in [2.24, 2.45) is 0 Å². The Morgan fingerprint density at radius 1 is 0.976 bits per heavy atom. The second kappa shape index (κ2) is 12.8. The van der Waals surface area contributed by atoms with Crippen LogP contribution >= 0.6 is 35.0 Å². The average molecular weight is 625 g/mol. The number of carboxylic acids is 1. The predicted molar refractivity (Wildman–Crippen MR) is 152 cm³/mol. The first-order valence-electron chi connectivity index (χ1n) is 12.6. The van der Waals surface area contributed by atoms with E-state index in [9.17, 15) is 27.6 Å². The Morgan fingerprint density at radius 3 is 2.17 bits per heavy atom. The van der Waals surface area contributed by atoms with E-state index in [4.69, 9.17) is 28.3 Å². The molecule has 12 heteroatoms. The molecular weight excluding hydrogens is 600 g/mol. The number of amides is 2. The maximum absolute atomic E-state index is 14.4. The zero-order chi connectivity index (χ0) is 29.9. The Kier molecular flexibility index (Phi) is 9.56. The molecule has 0 aliphatic carbocycles. The Labute approximate surface area is 249 Å². The van der Waals surface area contributed by atoms with Crippen LogP contribution in [0, 0.1) is 0 Å². The molecule has 3 aromatic rings. The number of unbranched alkanes of at least 4 members (excludes halogenated alkanes) is 1. The van der Waals surface area contributed by atoms with Crippen molar-refractivity contribution in [1.82, 2.24) is 4.90 Å². The van der Waals surface area contributed by atoms with Crippen LogP contribution in [-0.4, -0.2) is 39.8 Å². The van der Waals surface area contributed by atoms with Crippen LogP contribution in [-0.2, 0) is 9.59 Å². The molecule has 2 atom stereocenters. The van der Waals surface area contributed by atoms with Crippen LogP contribution in [0.15, 0.2) is 71.6 Å². The fourth-order valence-electron chi connectivity index (χ4n) is 4.79. The summed E-state index contributed by atoms with van der Waals surface area (Å²) in [7, 11) is 0. The van der Waals surface area contributed by atoms with Crippen LogP contribution in [0.4, 0.5) is 18.9 Å². The van der Waals surface area contributed by atoms with Gasteiger partial charge in [-0.15, -0.1) is 0 Å². The first-order valence-corrected chi connectivity index (χ1v) is 14.2. The number of rotatable bonds is 9. The zero-order valence-corrected chi connectivity index (χ0v) is 24.0. The van der Waals surface area contributed by atoms with Crippen molar-refractivity contribution in [2.75, 3.05) is 11.4 Å². The lowest BCUT2D eigenvalue weighted by Gasteiger charge is -2.36. The highest BCUT2D eigenvalue weighted by Gasteiger charge is 2.43. The zero-order valence-electron chi connectivity index (χ0n) is 21.7. The van der Waals surface area contributed by atoms with E-state index in [1.165, 1.54) is 21.9 Å². The Balaban J connectivity index is 1.89. The van der Waals surface area contributed by atoms with Gasteiger partial charge in [-0.2, -0.15) is 13.2 Å². The molecule has 0 saturated carbocycles. The number of carbonyl (C=O) groups excluding carboxylic acids is 2. The van der Waals surface area contributed by atoms with Crippen LogP contribution in [0.25, 0.3) is 0 Å². The lowest BCUT2D eigenvalue weighted by Crippen LogP contribution is -2.44. The molecule has 41 heavy (non-hydrogen) atoms. The molecule has 1 unspecified atom stereocenters. The smallest absolute Gasteiger partial charge is 0.446 e. The van der Waals surface area contributed by atoms with E-state index in [0.717, 1.165) is 6.07 Å². The number of hydrogen-bond acceptors (Lipinski definition) is 4. The van der Waals surface area contributed by atoms with Gasteiger partial charge >= 0.3 is 11.5 Å². The van der Waals surface area contributed by atoms with Gasteiger partial charge in [-0.1, -0.05) is 47.5 Å². The summed E-state index contributed by atoms with van der Waals surface area (Å²) in [5, 5.41) is 9.94. The molecule has 2 amide bonds.